The fraction of sp³-hybridized carbons (Fsp3) is 0.154. The Morgan fingerprint density at radius 1 is 0.361 bits per heavy atom. The lowest BCUT2D eigenvalue weighted by Crippen LogP contribution is -2.61. The Balaban J connectivity index is 1.10. The average molecular weight is 1070 g/mol. The maximum Gasteiger partial charge on any atom is 0.252 e. The number of benzene rings is 11. The van der Waals surface area contributed by atoms with E-state index in [9.17, 15) is 0 Å². The molecule has 402 valence electrons. The molecule has 2 aromatic heterocycles. The highest BCUT2D eigenvalue weighted by Gasteiger charge is 2.46. The van der Waals surface area contributed by atoms with Crippen LogP contribution in [0.25, 0.3) is 77.2 Å². The maximum atomic E-state index is 2.74. The molecular weight excluding hydrogens is 1000 g/mol. The molecule has 83 heavy (non-hydrogen) atoms. The average Bonchev–Trinajstić information content (AvgIpc) is 1.81. The van der Waals surface area contributed by atoms with Gasteiger partial charge in [-0.15, -0.1) is 0 Å². The molecule has 0 saturated heterocycles. The third-order valence-corrected chi connectivity index (χ3v) is 18.0. The van der Waals surface area contributed by atoms with Crippen molar-refractivity contribution in [2.45, 2.75) is 78.6 Å². The van der Waals surface area contributed by atoms with Crippen LogP contribution in [0.3, 0.4) is 0 Å². The first-order chi connectivity index (χ1) is 40.8. The van der Waals surface area contributed by atoms with Crippen LogP contribution < -0.4 is 26.2 Å². The van der Waals surface area contributed by atoms with Crippen molar-refractivity contribution in [3.05, 3.63) is 259 Å². The minimum Gasteiger partial charge on any atom is -0.310 e. The lowest BCUT2D eigenvalue weighted by Gasteiger charge is -2.46. The molecule has 15 rings (SSSR count). The molecule has 0 amide bonds. The number of hydrogen-bond donors (Lipinski definition) is 0. The summed E-state index contributed by atoms with van der Waals surface area (Å²) in [4.78, 5) is 5.47. The van der Waals surface area contributed by atoms with Crippen LogP contribution in [0.1, 0.15) is 77.0 Å². The van der Waals surface area contributed by atoms with E-state index in [0.29, 0.717) is 0 Å². The quantitative estimate of drug-likeness (QED) is 0.113. The normalized spacial score (nSPS) is 12.9. The largest absolute Gasteiger partial charge is 0.310 e. The van der Waals surface area contributed by atoms with Crippen molar-refractivity contribution in [2.75, 3.05) is 9.80 Å². The highest BCUT2D eigenvalue weighted by molar-refractivity contribution is 7.00. The minimum atomic E-state index is -0.220. The van der Waals surface area contributed by atoms with Gasteiger partial charge in [0.2, 0.25) is 0 Å². The summed E-state index contributed by atoms with van der Waals surface area (Å²) in [7, 11) is 0. The summed E-state index contributed by atoms with van der Waals surface area (Å²) >= 11 is 0. The molecule has 5 heteroatoms. The number of hydrogen-bond acceptors (Lipinski definition) is 2. The molecule has 0 bridgehead atoms. The van der Waals surface area contributed by atoms with Crippen molar-refractivity contribution in [3.8, 4) is 33.6 Å². The van der Waals surface area contributed by atoms with Crippen LogP contribution in [0.4, 0.5) is 34.1 Å². The predicted molar refractivity (Wildman–Crippen MR) is 356 cm³/mol. The number of fused-ring (bicyclic) bond motifs is 10. The number of para-hydroxylation sites is 6. The molecule has 2 aliphatic rings. The molecule has 4 nitrogen and oxygen atoms in total. The molecule has 4 heterocycles. The summed E-state index contributed by atoms with van der Waals surface area (Å²) < 4.78 is 5.01. The number of unbranched alkanes of at least 4 members (excludes halogenated alkanes) is 2. The molecule has 0 radical (unpaired) electrons. The van der Waals surface area contributed by atoms with E-state index in [4.69, 9.17) is 0 Å². The molecule has 0 atom stereocenters. The van der Waals surface area contributed by atoms with Gasteiger partial charge < -0.3 is 18.9 Å². The number of anilines is 6. The summed E-state index contributed by atoms with van der Waals surface area (Å²) in [6.07, 6.45) is 6.29. The second-order valence-electron chi connectivity index (χ2n) is 24.1. The van der Waals surface area contributed by atoms with Crippen LogP contribution in [0.15, 0.2) is 243 Å². The lowest BCUT2D eigenvalue weighted by atomic mass is 9.33. The summed E-state index contributed by atoms with van der Waals surface area (Å²) in [6.45, 7) is 11.7. The van der Waals surface area contributed by atoms with Crippen molar-refractivity contribution in [1.29, 1.82) is 0 Å². The fourth-order valence-corrected chi connectivity index (χ4v) is 14.1. The molecule has 0 unspecified atom stereocenters. The van der Waals surface area contributed by atoms with E-state index in [-0.39, 0.29) is 12.1 Å². The van der Waals surface area contributed by atoms with Gasteiger partial charge in [-0.2, -0.15) is 0 Å². The Hall–Kier alpha value is -9.32. The maximum absolute atomic E-state index is 2.74. The van der Waals surface area contributed by atoms with Crippen LogP contribution >= 0.6 is 0 Å². The van der Waals surface area contributed by atoms with E-state index < -0.39 is 0 Å². The van der Waals surface area contributed by atoms with E-state index in [1.807, 2.05) is 0 Å². The van der Waals surface area contributed by atoms with Crippen LogP contribution in [0.2, 0.25) is 0 Å². The van der Waals surface area contributed by atoms with E-state index in [1.165, 1.54) is 133 Å². The zero-order valence-electron chi connectivity index (χ0n) is 48.2. The van der Waals surface area contributed by atoms with Crippen LogP contribution in [0, 0.1) is 0 Å². The summed E-state index contributed by atoms with van der Waals surface area (Å²) in [5.74, 6) is 0. The minimum absolute atomic E-state index is 0.114. The number of nitrogens with zero attached hydrogens (tertiary/aromatic N) is 4. The van der Waals surface area contributed by atoms with Gasteiger partial charge in [-0.3, -0.25) is 0 Å². The highest BCUT2D eigenvalue weighted by Crippen LogP contribution is 2.52. The van der Waals surface area contributed by atoms with E-state index in [1.54, 1.807) is 0 Å². The SMILES string of the molecule is CCCCc1cccc(-c2ccccc2)c1N1c2cc(-n3c4ccccc4c4ccccc43)ccc2B2c3ccc(-n4c5ccccc5c5ccccc54)cc3N(c3c(CCCC)cccc3-c3ccccc3)c3cc(C(C)(C)C)cc1c32. The molecule has 2 aliphatic heterocycles. The first-order valence-corrected chi connectivity index (χ1v) is 30.2. The van der Waals surface area contributed by atoms with Gasteiger partial charge in [-0.05, 0) is 136 Å². The van der Waals surface area contributed by atoms with Gasteiger partial charge in [0.05, 0.1) is 33.4 Å². The number of aromatic nitrogens is 2. The number of aryl methyl sites for hydroxylation is 2. The molecular formula is C78H67BN4. The molecule has 0 fully saturated rings. The topological polar surface area (TPSA) is 16.3 Å². The van der Waals surface area contributed by atoms with Crippen molar-refractivity contribution < 1.29 is 0 Å². The predicted octanol–water partition coefficient (Wildman–Crippen LogP) is 19.3. The second kappa shape index (κ2) is 20.3. The standard InChI is InChI=1S/C78H67BN4/c1-6-8-26-54-32-24-38-59(52-28-12-10-13-29-52)76(54)82-71-50-57(80-67-40-20-16-34-61(67)62-35-17-21-41-68(62)80)44-46-65(71)79-66-47-45-58(81-69-42-22-18-36-63(69)64-37-19-23-43-70(64)81)51-72(66)83(74-49-56(78(3,4)5)48-73(82)75(74)79)77-55(27-9-7-2)33-25-39-60(77)53-30-14-11-15-31-53/h10-25,28-51H,6-9,26-27H2,1-5H3. The summed E-state index contributed by atoms with van der Waals surface area (Å²) in [5.41, 5.74) is 27.1. The van der Waals surface area contributed by atoms with E-state index in [0.717, 1.165) is 49.9 Å². The summed E-state index contributed by atoms with van der Waals surface area (Å²) in [5, 5.41) is 5.03. The first-order valence-electron chi connectivity index (χ1n) is 30.2. The molecule has 13 aromatic rings. The summed E-state index contributed by atoms with van der Waals surface area (Å²) in [6, 6.07) is 92.3. The van der Waals surface area contributed by atoms with Gasteiger partial charge in [-0.1, -0.05) is 229 Å². The lowest BCUT2D eigenvalue weighted by molar-refractivity contribution is 0.590. The Morgan fingerprint density at radius 3 is 1.11 bits per heavy atom. The van der Waals surface area contributed by atoms with Crippen molar-refractivity contribution in [3.63, 3.8) is 0 Å². The van der Waals surface area contributed by atoms with Crippen LogP contribution in [-0.4, -0.2) is 15.8 Å². The Kier molecular flexibility index (Phi) is 12.4. The van der Waals surface area contributed by atoms with E-state index >= 15 is 0 Å². The second-order valence-corrected chi connectivity index (χ2v) is 24.1. The zero-order valence-corrected chi connectivity index (χ0v) is 48.2. The molecule has 0 spiro atoms. The highest BCUT2D eigenvalue weighted by atomic mass is 15.2. The van der Waals surface area contributed by atoms with Crippen LogP contribution in [-0.2, 0) is 18.3 Å². The molecule has 11 aromatic carbocycles. The zero-order chi connectivity index (χ0) is 55.9. The van der Waals surface area contributed by atoms with Crippen molar-refractivity contribution >= 4 is 101 Å². The van der Waals surface area contributed by atoms with Gasteiger partial charge in [-0.25, -0.2) is 0 Å². The Morgan fingerprint density at radius 2 is 0.735 bits per heavy atom. The van der Waals surface area contributed by atoms with Crippen molar-refractivity contribution in [2.24, 2.45) is 0 Å². The third-order valence-electron chi connectivity index (χ3n) is 18.0. The smallest absolute Gasteiger partial charge is 0.252 e. The molecule has 0 N–H and O–H groups in total. The van der Waals surface area contributed by atoms with Gasteiger partial charge in [0.25, 0.3) is 6.71 Å². The van der Waals surface area contributed by atoms with Crippen molar-refractivity contribution in [1.82, 2.24) is 9.13 Å². The Bertz CT molecular complexity index is 4260. The molecule has 0 saturated carbocycles. The van der Waals surface area contributed by atoms with Gasteiger partial charge in [0.15, 0.2) is 0 Å². The van der Waals surface area contributed by atoms with Crippen LogP contribution in [0.5, 0.6) is 0 Å². The van der Waals surface area contributed by atoms with Gasteiger partial charge in [0, 0.05) is 66.8 Å². The fourth-order valence-electron chi connectivity index (χ4n) is 14.1. The van der Waals surface area contributed by atoms with E-state index in [2.05, 4.69) is 296 Å². The number of rotatable bonds is 12. The molecule has 0 aliphatic carbocycles. The first kappa shape index (κ1) is 50.6. The van der Waals surface area contributed by atoms with Gasteiger partial charge >= 0.3 is 0 Å². The monoisotopic (exact) mass is 1070 g/mol. The van der Waals surface area contributed by atoms with Gasteiger partial charge in [0.1, 0.15) is 0 Å². The Labute approximate surface area is 488 Å². The third kappa shape index (κ3) is 8.18.